The van der Waals surface area contributed by atoms with E-state index >= 15 is 0 Å². The Hall–Kier alpha value is -1.77. The van der Waals surface area contributed by atoms with E-state index in [1.165, 1.54) is 76.6 Å². The summed E-state index contributed by atoms with van der Waals surface area (Å²) in [6.45, 7) is 2.28. The third-order valence-corrected chi connectivity index (χ3v) is 6.42. The molecule has 0 N–H and O–H groups in total. The van der Waals surface area contributed by atoms with Gasteiger partial charge in [-0.3, -0.25) is 0 Å². The number of halogens is 1. The lowest BCUT2D eigenvalue weighted by atomic mass is 9.77. The lowest BCUT2D eigenvalue weighted by Gasteiger charge is -2.28. The second-order valence-corrected chi connectivity index (χ2v) is 8.50. The molecule has 2 aromatic rings. The molecule has 152 valence electrons. The van der Waals surface area contributed by atoms with Crippen molar-refractivity contribution in [3.05, 3.63) is 48.2 Å². The highest BCUT2D eigenvalue weighted by molar-refractivity contribution is 5.63. The molecule has 3 rings (SSSR count). The number of benzene rings is 1. The number of nitrogens with zero attached hydrogens (tertiary/aromatic N) is 2. The Bertz CT molecular complexity index is 707. The maximum Gasteiger partial charge on any atom is 0.132 e. The standard InChI is InChI=1S/C25H35FN2/c1-2-3-4-5-6-9-20-12-14-21(15-13-20)16-17-22-18-27-19-28-25(22)23-10-7-8-11-24(23)26/h7-8,10-11,18-21H,2-6,9,12-17H2,1H3. The summed E-state index contributed by atoms with van der Waals surface area (Å²) >= 11 is 0. The van der Waals surface area contributed by atoms with E-state index in [1.807, 2.05) is 18.3 Å². The zero-order valence-electron chi connectivity index (χ0n) is 17.4. The van der Waals surface area contributed by atoms with Gasteiger partial charge in [0.25, 0.3) is 0 Å². The maximum atomic E-state index is 14.2. The van der Waals surface area contributed by atoms with Crippen LogP contribution >= 0.6 is 0 Å². The third kappa shape index (κ3) is 6.12. The van der Waals surface area contributed by atoms with Gasteiger partial charge in [-0.15, -0.1) is 0 Å². The van der Waals surface area contributed by atoms with Crippen molar-refractivity contribution in [3.8, 4) is 11.3 Å². The molecule has 1 saturated carbocycles. The van der Waals surface area contributed by atoms with Crippen LogP contribution in [0.1, 0.15) is 83.1 Å². The van der Waals surface area contributed by atoms with Crippen LogP contribution in [0.4, 0.5) is 4.39 Å². The van der Waals surface area contributed by atoms with Crippen molar-refractivity contribution in [1.82, 2.24) is 9.97 Å². The first kappa shape index (κ1) is 21.0. The van der Waals surface area contributed by atoms with E-state index < -0.39 is 0 Å². The maximum absolute atomic E-state index is 14.2. The second-order valence-electron chi connectivity index (χ2n) is 8.50. The van der Waals surface area contributed by atoms with E-state index in [1.54, 1.807) is 6.07 Å². The third-order valence-electron chi connectivity index (χ3n) is 6.42. The highest BCUT2D eigenvalue weighted by atomic mass is 19.1. The number of aromatic nitrogens is 2. The molecule has 1 aromatic carbocycles. The Balaban J connectivity index is 1.46. The van der Waals surface area contributed by atoms with Crippen molar-refractivity contribution in [3.63, 3.8) is 0 Å². The van der Waals surface area contributed by atoms with Gasteiger partial charge in [0, 0.05) is 11.8 Å². The highest BCUT2D eigenvalue weighted by Crippen LogP contribution is 2.35. The first-order valence-electron chi connectivity index (χ1n) is 11.3. The van der Waals surface area contributed by atoms with Gasteiger partial charge in [-0.1, -0.05) is 83.3 Å². The van der Waals surface area contributed by atoms with E-state index in [4.69, 9.17) is 0 Å². The molecule has 0 atom stereocenters. The summed E-state index contributed by atoms with van der Waals surface area (Å²) < 4.78 is 14.2. The molecular formula is C25H35FN2. The van der Waals surface area contributed by atoms with Crippen molar-refractivity contribution >= 4 is 0 Å². The molecule has 2 nitrogen and oxygen atoms in total. The van der Waals surface area contributed by atoms with Crippen molar-refractivity contribution in [2.45, 2.75) is 84.0 Å². The lowest BCUT2D eigenvalue weighted by Crippen LogP contribution is -2.15. The number of unbranched alkanes of at least 4 members (excludes halogenated alkanes) is 4. The number of aryl methyl sites for hydroxylation is 1. The summed E-state index contributed by atoms with van der Waals surface area (Å²) in [7, 11) is 0. The van der Waals surface area contributed by atoms with Gasteiger partial charge in [0.2, 0.25) is 0 Å². The highest BCUT2D eigenvalue weighted by Gasteiger charge is 2.21. The summed E-state index contributed by atoms with van der Waals surface area (Å²) in [6, 6.07) is 6.91. The fourth-order valence-corrected chi connectivity index (χ4v) is 4.64. The van der Waals surface area contributed by atoms with E-state index in [2.05, 4.69) is 16.9 Å². The Morgan fingerprint density at radius 3 is 2.39 bits per heavy atom. The van der Waals surface area contributed by atoms with Gasteiger partial charge in [-0.25, -0.2) is 14.4 Å². The number of hydrogen-bond acceptors (Lipinski definition) is 2. The molecule has 1 fully saturated rings. The largest absolute Gasteiger partial charge is 0.244 e. The van der Waals surface area contributed by atoms with Crippen LogP contribution in [-0.4, -0.2) is 9.97 Å². The Labute approximate surface area is 170 Å². The van der Waals surface area contributed by atoms with Crippen LogP contribution in [0, 0.1) is 17.7 Å². The first-order valence-corrected chi connectivity index (χ1v) is 11.3. The van der Waals surface area contributed by atoms with Crippen LogP contribution in [0.5, 0.6) is 0 Å². The lowest BCUT2D eigenvalue weighted by molar-refractivity contribution is 0.248. The minimum absolute atomic E-state index is 0.207. The summed E-state index contributed by atoms with van der Waals surface area (Å²) in [6.07, 6.45) is 19.4. The Morgan fingerprint density at radius 1 is 0.929 bits per heavy atom. The molecule has 1 aliphatic carbocycles. The van der Waals surface area contributed by atoms with Gasteiger partial charge in [0.1, 0.15) is 12.1 Å². The van der Waals surface area contributed by atoms with Gasteiger partial charge < -0.3 is 0 Å². The summed E-state index contributed by atoms with van der Waals surface area (Å²) in [5.74, 6) is 1.54. The minimum Gasteiger partial charge on any atom is -0.244 e. The predicted molar refractivity (Wildman–Crippen MR) is 115 cm³/mol. The number of rotatable bonds is 10. The van der Waals surface area contributed by atoms with E-state index in [-0.39, 0.29) is 5.82 Å². The van der Waals surface area contributed by atoms with Crippen molar-refractivity contribution in [1.29, 1.82) is 0 Å². The summed E-state index contributed by atoms with van der Waals surface area (Å²) in [5.41, 5.74) is 2.42. The van der Waals surface area contributed by atoms with Crippen molar-refractivity contribution in [2.24, 2.45) is 11.8 Å². The molecule has 0 spiro atoms. The molecule has 1 heterocycles. The smallest absolute Gasteiger partial charge is 0.132 e. The van der Waals surface area contributed by atoms with E-state index in [0.29, 0.717) is 5.56 Å². The number of hydrogen-bond donors (Lipinski definition) is 0. The van der Waals surface area contributed by atoms with Crippen LogP contribution in [0.25, 0.3) is 11.3 Å². The predicted octanol–water partition coefficient (Wildman–Crippen LogP) is 7.38. The minimum atomic E-state index is -0.207. The quantitative estimate of drug-likeness (QED) is 0.400. The molecule has 3 heteroatoms. The van der Waals surface area contributed by atoms with Gasteiger partial charge in [-0.2, -0.15) is 0 Å². The second kappa shape index (κ2) is 11.3. The molecule has 28 heavy (non-hydrogen) atoms. The van der Waals surface area contributed by atoms with Crippen LogP contribution in [0.15, 0.2) is 36.8 Å². The van der Waals surface area contributed by atoms with Crippen LogP contribution in [0.2, 0.25) is 0 Å². The zero-order chi connectivity index (χ0) is 19.6. The molecule has 1 aromatic heterocycles. The van der Waals surface area contributed by atoms with Crippen LogP contribution in [0.3, 0.4) is 0 Å². The average molecular weight is 383 g/mol. The molecule has 0 aliphatic heterocycles. The molecule has 0 radical (unpaired) electrons. The average Bonchev–Trinajstić information content (AvgIpc) is 2.74. The topological polar surface area (TPSA) is 25.8 Å². The van der Waals surface area contributed by atoms with Crippen molar-refractivity contribution in [2.75, 3.05) is 0 Å². The molecule has 0 bridgehead atoms. The SMILES string of the molecule is CCCCCCCC1CCC(CCc2cncnc2-c2ccccc2F)CC1. The van der Waals surface area contributed by atoms with Gasteiger partial charge in [-0.05, 0) is 42.4 Å². The Morgan fingerprint density at radius 2 is 1.64 bits per heavy atom. The molecule has 0 amide bonds. The molecule has 0 unspecified atom stereocenters. The monoisotopic (exact) mass is 382 g/mol. The molecule has 0 saturated heterocycles. The molecule has 1 aliphatic rings. The fraction of sp³-hybridized carbons (Fsp3) is 0.600. The van der Waals surface area contributed by atoms with Gasteiger partial charge in [0.15, 0.2) is 0 Å². The normalized spacial score (nSPS) is 19.6. The van der Waals surface area contributed by atoms with Gasteiger partial charge >= 0.3 is 0 Å². The summed E-state index contributed by atoms with van der Waals surface area (Å²) in [5, 5.41) is 0. The van der Waals surface area contributed by atoms with Crippen LogP contribution in [-0.2, 0) is 6.42 Å². The van der Waals surface area contributed by atoms with Crippen LogP contribution < -0.4 is 0 Å². The zero-order valence-corrected chi connectivity index (χ0v) is 17.4. The molecular weight excluding hydrogens is 347 g/mol. The first-order chi connectivity index (χ1) is 13.8. The van der Waals surface area contributed by atoms with E-state index in [0.717, 1.165) is 35.9 Å². The summed E-state index contributed by atoms with van der Waals surface area (Å²) in [4.78, 5) is 8.59. The Kier molecular flexibility index (Phi) is 8.44. The van der Waals surface area contributed by atoms with Gasteiger partial charge in [0.05, 0.1) is 5.69 Å². The van der Waals surface area contributed by atoms with E-state index in [9.17, 15) is 4.39 Å². The van der Waals surface area contributed by atoms with Crippen molar-refractivity contribution < 1.29 is 4.39 Å². The fourth-order valence-electron chi connectivity index (χ4n) is 4.64.